The molecule has 1 aliphatic rings. The van der Waals surface area contributed by atoms with Crippen LogP contribution in [0.25, 0.3) is 0 Å². The second kappa shape index (κ2) is 23.5. The van der Waals surface area contributed by atoms with Crippen LogP contribution in [0, 0.1) is 5.41 Å². The van der Waals surface area contributed by atoms with Crippen LogP contribution in [0.5, 0.6) is 0 Å². The fraction of sp³-hybridized carbons (Fsp3) is 0.600. The number of esters is 1. The van der Waals surface area contributed by atoms with E-state index >= 15 is 0 Å². The first kappa shape index (κ1) is 65.7. The molecule has 278 valence electrons. The number of methoxy groups -OCH3 is 1. The van der Waals surface area contributed by atoms with E-state index < -0.39 is 52.3 Å². The first-order valence-corrected chi connectivity index (χ1v) is 12.9. The maximum absolute atomic E-state index is 11.6. The van der Waals surface area contributed by atoms with Gasteiger partial charge < -0.3 is 49.1 Å². The SMILES string of the molecule is COC(=O)C(C)(C)C1=CC(=[O+]C)C=CC1.N.N.N.N.N.O=S(=O)([O-])C(F)(F)F.O=S(=O)([O-])C(F)(F)F.O=S(=O)([O-])C(F)(F)F.[Os+2]. The van der Waals surface area contributed by atoms with Gasteiger partial charge in [0.1, 0.15) is 0 Å². The second-order valence-corrected chi connectivity index (χ2v) is 10.8. The van der Waals surface area contributed by atoms with Crippen LogP contribution in [-0.4, -0.2) is 81.4 Å². The summed E-state index contributed by atoms with van der Waals surface area (Å²) in [6.45, 7) is 3.72. The minimum Gasteiger partial charge on any atom is -0.741 e. The molecule has 0 unspecified atom stereocenters. The quantitative estimate of drug-likeness (QED) is 0.0873. The zero-order valence-corrected chi connectivity index (χ0v) is 28.3. The van der Waals surface area contributed by atoms with Crippen molar-refractivity contribution in [1.82, 2.24) is 30.8 Å². The number of ketones is 1. The maximum Gasteiger partial charge on any atom is 2.00 e. The van der Waals surface area contributed by atoms with Gasteiger partial charge in [-0.15, -0.1) is 0 Å². The van der Waals surface area contributed by atoms with Crippen molar-refractivity contribution in [1.29, 1.82) is 0 Å². The van der Waals surface area contributed by atoms with Gasteiger partial charge in [-0.1, -0.05) is 6.08 Å². The first-order chi connectivity index (χ1) is 16.8. The number of allylic oxidation sites excluding steroid dienone is 3. The molecule has 0 aromatic rings. The van der Waals surface area contributed by atoms with Gasteiger partial charge >= 0.3 is 48.1 Å². The molecule has 0 atom stereocenters. The molecule has 1 aliphatic carbocycles. The summed E-state index contributed by atoms with van der Waals surface area (Å²) in [5.41, 5.74) is -16.5. The number of ether oxygens (including phenoxy) is 1. The van der Waals surface area contributed by atoms with Crippen LogP contribution in [0.15, 0.2) is 23.8 Å². The van der Waals surface area contributed by atoms with Crippen LogP contribution in [-0.2, 0) is 64.1 Å². The Balaban J connectivity index is -0.0000000549. The number of carbonyl (C=O) groups excluding carboxylic acids is 2. The van der Waals surface area contributed by atoms with Crippen molar-refractivity contribution in [2.75, 3.05) is 14.2 Å². The van der Waals surface area contributed by atoms with Crippen molar-refractivity contribution >= 4 is 42.1 Å². The molecular weight excluding hydrogens is 900 g/mol. The number of halogens is 9. The summed E-state index contributed by atoms with van der Waals surface area (Å²) >= 11 is 0. The summed E-state index contributed by atoms with van der Waals surface area (Å²) in [5.74, 6) is 0.549. The van der Waals surface area contributed by atoms with E-state index in [9.17, 15) is 44.3 Å². The van der Waals surface area contributed by atoms with Crippen LogP contribution in [0.2, 0.25) is 0 Å². The van der Waals surface area contributed by atoms with Gasteiger partial charge in [0.15, 0.2) is 30.4 Å². The number of carbonyl (C=O) groups is 1. The largest absolute Gasteiger partial charge is 2.00 e. The minimum absolute atomic E-state index is 0. The van der Waals surface area contributed by atoms with Crippen molar-refractivity contribution in [2.24, 2.45) is 5.41 Å². The Morgan fingerprint density at radius 3 is 1.16 bits per heavy atom. The fourth-order valence-electron chi connectivity index (χ4n) is 1.53. The summed E-state index contributed by atoms with van der Waals surface area (Å²) in [6, 6.07) is 0. The Hall–Kier alpha value is -1.84. The number of hydrogen-bond acceptors (Lipinski definition) is 16. The molecule has 0 spiro atoms. The fourth-order valence-corrected chi connectivity index (χ4v) is 1.53. The predicted molar refractivity (Wildman–Crippen MR) is 131 cm³/mol. The Labute approximate surface area is 264 Å². The van der Waals surface area contributed by atoms with Crippen LogP contribution in [0.3, 0.4) is 0 Å². The van der Waals surface area contributed by atoms with Gasteiger partial charge in [-0.3, -0.25) is 9.22 Å². The van der Waals surface area contributed by atoms with E-state index in [1.165, 1.54) is 7.11 Å². The van der Waals surface area contributed by atoms with E-state index in [-0.39, 0.29) is 56.5 Å². The zero-order valence-electron chi connectivity index (χ0n) is 23.4. The van der Waals surface area contributed by atoms with Gasteiger partial charge in [-0.25, -0.2) is 25.3 Å². The van der Waals surface area contributed by atoms with Gasteiger partial charge in [0, 0.05) is 12.2 Å². The number of hydrogen-bond donors (Lipinski definition) is 5. The van der Waals surface area contributed by atoms with Crippen molar-refractivity contribution in [2.45, 2.75) is 36.8 Å². The van der Waals surface area contributed by atoms with E-state index in [1.54, 1.807) is 7.11 Å². The zero-order chi connectivity index (χ0) is 32.5. The van der Waals surface area contributed by atoms with E-state index in [4.69, 9.17) is 48.1 Å². The predicted octanol–water partition coefficient (Wildman–Crippen LogP) is 2.77. The summed E-state index contributed by atoms with van der Waals surface area (Å²) in [4.78, 5) is 11.6. The molecule has 0 bridgehead atoms. The molecule has 0 aliphatic heterocycles. The second-order valence-electron chi connectivity index (χ2n) is 6.70. The number of alkyl halides is 9. The molecule has 0 amide bonds. The molecule has 0 saturated heterocycles. The third-order valence-corrected chi connectivity index (χ3v) is 5.22. The number of rotatable bonds is 2. The summed E-state index contributed by atoms with van der Waals surface area (Å²) < 4.78 is 187. The third kappa shape index (κ3) is 26.0. The molecule has 30 heteroatoms. The van der Waals surface area contributed by atoms with E-state index in [0.717, 1.165) is 17.8 Å². The van der Waals surface area contributed by atoms with Crippen molar-refractivity contribution < 1.29 is 112 Å². The molecule has 0 heterocycles. The average molecular weight is 932 g/mol. The van der Waals surface area contributed by atoms with E-state index in [0.29, 0.717) is 0 Å². The molecule has 0 fully saturated rings. The van der Waals surface area contributed by atoms with Gasteiger partial charge in [0.2, 0.25) is 0 Å². The maximum atomic E-state index is 11.6. The molecule has 15 N–H and O–H groups in total. The van der Waals surface area contributed by atoms with Crippen LogP contribution in [0.1, 0.15) is 20.3 Å². The standard InChI is InChI=1S/C12H17O3.3CHF3O3S.5H3N.Os/c1-12(2,11(13)15-4)9-6-5-7-10(8-9)14-3;3*2-1(3,4)8(5,6)7;;;;;;/h5,7-8H,6H2,1-4H3;3*(H,5,6,7);5*1H3;/q+1;;;;;;;;;+2/p-3. The molecule has 0 aromatic carbocycles. The van der Waals surface area contributed by atoms with Gasteiger partial charge in [-0.2, -0.15) is 39.5 Å². The molecule has 1 rings (SSSR count). The van der Waals surface area contributed by atoms with Crippen molar-refractivity contribution in [3.63, 3.8) is 0 Å². The van der Waals surface area contributed by atoms with Gasteiger partial charge in [0.25, 0.3) is 7.11 Å². The topological polar surface area (TPSA) is 384 Å². The summed E-state index contributed by atoms with van der Waals surface area (Å²) in [6.07, 6.45) is 6.54. The monoisotopic (exact) mass is 933 g/mol. The average Bonchev–Trinajstić information content (AvgIpc) is 2.70. The van der Waals surface area contributed by atoms with Crippen LogP contribution < -0.4 is 30.8 Å². The van der Waals surface area contributed by atoms with E-state index in [1.807, 2.05) is 32.1 Å². The minimum atomic E-state index is -6.09. The molecule has 45 heavy (non-hydrogen) atoms. The first-order valence-electron chi connectivity index (χ1n) is 8.70. The molecule has 0 saturated carbocycles. The molecule has 0 aromatic heterocycles. The van der Waals surface area contributed by atoms with Crippen molar-refractivity contribution in [3.8, 4) is 0 Å². The molecule has 0 radical (unpaired) electrons. The van der Waals surface area contributed by atoms with Crippen LogP contribution >= 0.6 is 0 Å². The smallest absolute Gasteiger partial charge is 0.741 e. The molecular formula is C15H32F9N5O12OsS3. The van der Waals surface area contributed by atoms with Gasteiger partial charge in [-0.05, 0) is 25.8 Å². The van der Waals surface area contributed by atoms with Gasteiger partial charge in [0.05, 0.1) is 12.5 Å². The Morgan fingerprint density at radius 1 is 0.733 bits per heavy atom. The Bertz CT molecular complexity index is 1170. The normalized spacial score (nSPS) is 13.8. The van der Waals surface area contributed by atoms with E-state index in [2.05, 4.69) is 0 Å². The summed E-state index contributed by atoms with van der Waals surface area (Å²) in [5, 5.41) is 0. The molecule has 17 nitrogen and oxygen atoms in total. The van der Waals surface area contributed by atoms with Crippen molar-refractivity contribution in [3.05, 3.63) is 23.8 Å². The third-order valence-electron chi connectivity index (χ3n) is 3.52. The van der Waals surface area contributed by atoms with Crippen LogP contribution in [0.4, 0.5) is 39.5 Å². The Kier molecular flexibility index (Phi) is 34.3. The Morgan fingerprint density at radius 2 is 0.978 bits per heavy atom. The summed E-state index contributed by atoms with van der Waals surface area (Å²) in [7, 11) is -15.2.